The van der Waals surface area contributed by atoms with Crippen LogP contribution in [-0.4, -0.2) is 38.2 Å². The predicted molar refractivity (Wildman–Crippen MR) is 91.5 cm³/mol. The highest BCUT2D eigenvalue weighted by Gasteiger charge is 2.11. The lowest BCUT2D eigenvalue weighted by molar-refractivity contribution is 0.207. The van der Waals surface area contributed by atoms with Crippen LogP contribution >= 0.6 is 11.6 Å². The number of ether oxygens (including phenoxy) is 2. The van der Waals surface area contributed by atoms with Crippen LogP contribution in [0.2, 0.25) is 5.02 Å². The summed E-state index contributed by atoms with van der Waals surface area (Å²) < 4.78 is 23.6. The van der Waals surface area contributed by atoms with Crippen molar-refractivity contribution >= 4 is 23.3 Å². The first-order valence-corrected chi connectivity index (χ1v) is 7.61. The fourth-order valence-electron chi connectivity index (χ4n) is 1.88. The summed E-state index contributed by atoms with van der Waals surface area (Å²) >= 11 is 5.88. The smallest absolute Gasteiger partial charge is 0.321 e. The SMILES string of the molecule is COc1ccc(OCCN(C)C(=O)Nc2ccc(F)cc2Cl)cc1. The molecule has 0 heterocycles. The van der Waals surface area contributed by atoms with E-state index >= 15 is 0 Å². The molecule has 0 saturated heterocycles. The van der Waals surface area contributed by atoms with Crippen LogP contribution in [0.15, 0.2) is 42.5 Å². The van der Waals surface area contributed by atoms with E-state index in [1.807, 2.05) is 0 Å². The molecule has 0 aliphatic rings. The Morgan fingerprint density at radius 3 is 2.50 bits per heavy atom. The molecule has 0 aliphatic heterocycles. The van der Waals surface area contributed by atoms with Gasteiger partial charge in [-0.2, -0.15) is 0 Å². The predicted octanol–water partition coefficient (Wildman–Crippen LogP) is 4.03. The van der Waals surface area contributed by atoms with E-state index in [1.54, 1.807) is 38.4 Å². The van der Waals surface area contributed by atoms with E-state index in [9.17, 15) is 9.18 Å². The Balaban J connectivity index is 1.80. The van der Waals surface area contributed by atoms with Crippen LogP contribution in [0.3, 0.4) is 0 Å². The summed E-state index contributed by atoms with van der Waals surface area (Å²) in [6.07, 6.45) is 0. The quantitative estimate of drug-likeness (QED) is 0.854. The molecule has 1 N–H and O–H groups in total. The summed E-state index contributed by atoms with van der Waals surface area (Å²) in [4.78, 5) is 13.5. The second-order valence-corrected chi connectivity index (χ2v) is 5.41. The molecule has 128 valence electrons. The molecule has 0 unspecified atom stereocenters. The Labute approximate surface area is 144 Å². The first-order chi connectivity index (χ1) is 11.5. The molecule has 5 nitrogen and oxygen atoms in total. The summed E-state index contributed by atoms with van der Waals surface area (Å²) in [5, 5.41) is 2.76. The number of methoxy groups -OCH3 is 1. The van der Waals surface area contributed by atoms with Gasteiger partial charge in [-0.25, -0.2) is 9.18 Å². The number of hydrogen-bond donors (Lipinski definition) is 1. The fraction of sp³-hybridized carbons (Fsp3) is 0.235. The minimum absolute atomic E-state index is 0.145. The molecule has 2 amide bonds. The zero-order valence-electron chi connectivity index (χ0n) is 13.4. The first kappa shape index (κ1) is 17.9. The Kier molecular flexibility index (Phi) is 6.26. The molecule has 0 aliphatic carbocycles. The number of amides is 2. The van der Waals surface area contributed by atoms with Crippen molar-refractivity contribution in [2.45, 2.75) is 0 Å². The van der Waals surface area contributed by atoms with Crippen LogP contribution in [0.4, 0.5) is 14.9 Å². The Morgan fingerprint density at radius 1 is 1.21 bits per heavy atom. The highest BCUT2D eigenvalue weighted by atomic mass is 35.5. The molecule has 0 radical (unpaired) electrons. The third-order valence-electron chi connectivity index (χ3n) is 3.27. The van der Waals surface area contributed by atoms with Gasteiger partial charge in [0.2, 0.25) is 0 Å². The van der Waals surface area contributed by atoms with Gasteiger partial charge in [0.15, 0.2) is 0 Å². The number of halogens is 2. The van der Waals surface area contributed by atoms with Gasteiger partial charge in [0.25, 0.3) is 0 Å². The molecule has 2 aromatic rings. The van der Waals surface area contributed by atoms with Gasteiger partial charge in [0.05, 0.1) is 24.4 Å². The number of benzene rings is 2. The van der Waals surface area contributed by atoms with E-state index in [1.165, 1.54) is 17.0 Å². The third kappa shape index (κ3) is 5.03. The Hall–Kier alpha value is -2.47. The van der Waals surface area contributed by atoms with E-state index in [2.05, 4.69) is 5.32 Å². The van der Waals surface area contributed by atoms with Gasteiger partial charge in [0, 0.05) is 7.05 Å². The number of carbonyl (C=O) groups is 1. The standard InChI is InChI=1S/C17H18ClFN2O3/c1-21(9-10-24-14-6-4-13(23-2)5-7-14)17(22)20-16-8-3-12(19)11-15(16)18/h3-8,11H,9-10H2,1-2H3,(H,20,22). The molecule has 0 bridgehead atoms. The van der Waals surface area contributed by atoms with Crippen molar-refractivity contribution in [1.82, 2.24) is 4.90 Å². The molecule has 0 spiro atoms. The number of urea groups is 1. The van der Waals surface area contributed by atoms with Gasteiger partial charge >= 0.3 is 6.03 Å². The van der Waals surface area contributed by atoms with Gasteiger partial charge in [-0.3, -0.25) is 0 Å². The maximum atomic E-state index is 13.0. The summed E-state index contributed by atoms with van der Waals surface area (Å²) in [7, 11) is 3.22. The molecule has 0 saturated carbocycles. The third-order valence-corrected chi connectivity index (χ3v) is 3.59. The van der Waals surface area contributed by atoms with Gasteiger partial charge in [-0.1, -0.05) is 11.6 Å². The summed E-state index contributed by atoms with van der Waals surface area (Å²) in [5.74, 6) is 0.973. The normalized spacial score (nSPS) is 10.2. The van der Waals surface area contributed by atoms with E-state index < -0.39 is 5.82 Å². The molecule has 0 fully saturated rings. The molecule has 7 heteroatoms. The van der Waals surface area contributed by atoms with Gasteiger partial charge in [-0.15, -0.1) is 0 Å². The second-order valence-electron chi connectivity index (χ2n) is 5.00. The lowest BCUT2D eigenvalue weighted by Crippen LogP contribution is -2.34. The average molecular weight is 353 g/mol. The molecular weight excluding hydrogens is 335 g/mol. The number of nitrogens with zero attached hydrogens (tertiary/aromatic N) is 1. The zero-order chi connectivity index (χ0) is 17.5. The lowest BCUT2D eigenvalue weighted by atomic mass is 10.3. The fourth-order valence-corrected chi connectivity index (χ4v) is 2.09. The van der Waals surface area contributed by atoms with E-state index in [0.717, 1.165) is 11.8 Å². The van der Waals surface area contributed by atoms with Crippen molar-refractivity contribution in [3.63, 3.8) is 0 Å². The monoisotopic (exact) mass is 352 g/mol. The van der Waals surface area contributed by atoms with E-state index in [-0.39, 0.29) is 11.1 Å². The number of likely N-dealkylation sites (N-methyl/N-ethyl adjacent to an activating group) is 1. The largest absolute Gasteiger partial charge is 0.497 e. The van der Waals surface area contributed by atoms with Gasteiger partial charge in [0.1, 0.15) is 23.9 Å². The average Bonchev–Trinajstić information content (AvgIpc) is 2.57. The number of anilines is 1. The van der Waals surface area contributed by atoms with Crippen molar-refractivity contribution < 1.29 is 18.7 Å². The molecule has 0 aromatic heterocycles. The summed E-state index contributed by atoms with van der Waals surface area (Å²) in [6, 6.07) is 10.6. The Bertz CT molecular complexity index is 695. The summed E-state index contributed by atoms with van der Waals surface area (Å²) in [6.45, 7) is 0.698. The number of nitrogens with one attached hydrogen (secondary N) is 1. The van der Waals surface area contributed by atoms with Crippen molar-refractivity contribution in [1.29, 1.82) is 0 Å². The van der Waals surface area contributed by atoms with E-state index in [4.69, 9.17) is 21.1 Å². The van der Waals surface area contributed by atoms with Crippen LogP contribution in [0.5, 0.6) is 11.5 Å². The van der Waals surface area contributed by atoms with Crippen molar-refractivity contribution in [3.8, 4) is 11.5 Å². The van der Waals surface area contributed by atoms with E-state index in [0.29, 0.717) is 24.6 Å². The highest BCUT2D eigenvalue weighted by molar-refractivity contribution is 6.33. The number of hydrogen-bond acceptors (Lipinski definition) is 3. The summed E-state index contributed by atoms with van der Waals surface area (Å²) in [5.41, 5.74) is 0.353. The minimum Gasteiger partial charge on any atom is -0.497 e. The molecule has 2 rings (SSSR count). The topological polar surface area (TPSA) is 50.8 Å². The zero-order valence-corrected chi connectivity index (χ0v) is 14.1. The first-order valence-electron chi connectivity index (χ1n) is 7.23. The van der Waals surface area contributed by atoms with Crippen LogP contribution in [0.25, 0.3) is 0 Å². The lowest BCUT2D eigenvalue weighted by Gasteiger charge is -2.18. The minimum atomic E-state index is -0.459. The Morgan fingerprint density at radius 2 is 1.88 bits per heavy atom. The van der Waals surface area contributed by atoms with Gasteiger partial charge < -0.3 is 19.7 Å². The van der Waals surface area contributed by atoms with Gasteiger partial charge in [-0.05, 0) is 42.5 Å². The van der Waals surface area contributed by atoms with Crippen LogP contribution < -0.4 is 14.8 Å². The molecular formula is C17H18ClFN2O3. The molecule has 24 heavy (non-hydrogen) atoms. The van der Waals surface area contributed by atoms with Crippen LogP contribution in [0, 0.1) is 5.82 Å². The van der Waals surface area contributed by atoms with Crippen molar-refractivity contribution in [2.24, 2.45) is 0 Å². The number of rotatable bonds is 6. The molecule has 2 aromatic carbocycles. The second kappa shape index (κ2) is 8.40. The number of carbonyl (C=O) groups excluding carboxylic acids is 1. The maximum absolute atomic E-state index is 13.0. The van der Waals surface area contributed by atoms with Crippen LogP contribution in [0.1, 0.15) is 0 Å². The highest BCUT2D eigenvalue weighted by Crippen LogP contribution is 2.22. The van der Waals surface area contributed by atoms with Crippen molar-refractivity contribution in [2.75, 3.05) is 32.6 Å². The van der Waals surface area contributed by atoms with Crippen molar-refractivity contribution in [3.05, 3.63) is 53.3 Å². The van der Waals surface area contributed by atoms with Crippen LogP contribution in [-0.2, 0) is 0 Å². The maximum Gasteiger partial charge on any atom is 0.321 e. The molecule has 0 atom stereocenters.